The normalized spacial score (nSPS) is 12.7. The summed E-state index contributed by atoms with van der Waals surface area (Å²) in [6.45, 7) is 8.57. The second-order valence-corrected chi connectivity index (χ2v) is 9.87. The molecule has 0 aromatic heterocycles. The second-order valence-electron chi connectivity index (χ2n) is 9.87. The SMILES string of the molecule is CC(C)[C@@H](NC(=O)OC(C)(C)C)C(=O)N[C@@H](CC(=O)OCc1ccccc1)C(=O)OCc1ccccc1. The van der Waals surface area contributed by atoms with Crippen LogP contribution < -0.4 is 10.6 Å². The molecule has 9 heteroatoms. The van der Waals surface area contributed by atoms with Gasteiger partial charge in [0.15, 0.2) is 0 Å². The van der Waals surface area contributed by atoms with Crippen LogP contribution in [0.5, 0.6) is 0 Å². The smallest absolute Gasteiger partial charge is 0.408 e. The first kappa shape index (κ1) is 29.4. The topological polar surface area (TPSA) is 120 Å². The second kappa shape index (κ2) is 14.0. The summed E-state index contributed by atoms with van der Waals surface area (Å²) in [5.41, 5.74) is 0.776. The van der Waals surface area contributed by atoms with Crippen molar-refractivity contribution in [1.82, 2.24) is 10.6 Å². The van der Waals surface area contributed by atoms with E-state index in [0.29, 0.717) is 0 Å². The molecule has 200 valence electrons. The average molecular weight is 513 g/mol. The summed E-state index contributed by atoms with van der Waals surface area (Å²) < 4.78 is 15.9. The lowest BCUT2D eigenvalue weighted by atomic mass is 10.0. The summed E-state index contributed by atoms with van der Waals surface area (Å²) in [5, 5.41) is 5.08. The van der Waals surface area contributed by atoms with Gasteiger partial charge < -0.3 is 24.8 Å². The number of hydrogen-bond donors (Lipinski definition) is 2. The lowest BCUT2D eigenvalue weighted by molar-refractivity contribution is -0.155. The predicted molar refractivity (Wildman–Crippen MR) is 137 cm³/mol. The van der Waals surface area contributed by atoms with Gasteiger partial charge in [0.25, 0.3) is 0 Å². The number of hydrogen-bond acceptors (Lipinski definition) is 7. The molecule has 0 saturated carbocycles. The van der Waals surface area contributed by atoms with Crippen molar-refractivity contribution in [3.05, 3.63) is 71.8 Å². The number of carbonyl (C=O) groups excluding carboxylic acids is 4. The molecule has 2 N–H and O–H groups in total. The molecule has 0 fully saturated rings. The quantitative estimate of drug-likeness (QED) is 0.346. The zero-order valence-corrected chi connectivity index (χ0v) is 22.0. The molecule has 0 radical (unpaired) electrons. The van der Waals surface area contributed by atoms with Crippen molar-refractivity contribution in [3.8, 4) is 0 Å². The Balaban J connectivity index is 2.09. The molecule has 0 spiro atoms. The molecule has 0 heterocycles. The van der Waals surface area contributed by atoms with E-state index in [4.69, 9.17) is 14.2 Å². The molecular weight excluding hydrogens is 476 g/mol. The van der Waals surface area contributed by atoms with Gasteiger partial charge in [-0.1, -0.05) is 74.5 Å². The highest BCUT2D eigenvalue weighted by Crippen LogP contribution is 2.11. The number of carbonyl (C=O) groups is 4. The first-order chi connectivity index (χ1) is 17.4. The highest BCUT2D eigenvalue weighted by molar-refractivity contribution is 5.91. The maximum Gasteiger partial charge on any atom is 0.408 e. The number of amides is 2. The number of rotatable bonds is 11. The van der Waals surface area contributed by atoms with Crippen molar-refractivity contribution >= 4 is 23.9 Å². The number of esters is 2. The summed E-state index contributed by atoms with van der Waals surface area (Å²) in [5.74, 6) is -2.47. The van der Waals surface area contributed by atoms with E-state index in [1.165, 1.54) is 0 Å². The summed E-state index contributed by atoms with van der Waals surface area (Å²) >= 11 is 0. The van der Waals surface area contributed by atoms with Gasteiger partial charge in [0.05, 0.1) is 6.42 Å². The van der Waals surface area contributed by atoms with Crippen LogP contribution in [0, 0.1) is 5.92 Å². The minimum Gasteiger partial charge on any atom is -0.461 e. The van der Waals surface area contributed by atoms with Crippen molar-refractivity contribution in [2.75, 3.05) is 0 Å². The Morgan fingerprint density at radius 3 is 1.78 bits per heavy atom. The molecule has 0 aliphatic carbocycles. The Morgan fingerprint density at radius 2 is 1.30 bits per heavy atom. The Bertz CT molecular complexity index is 1030. The summed E-state index contributed by atoms with van der Waals surface area (Å²) in [6.07, 6.45) is -1.21. The van der Waals surface area contributed by atoms with Gasteiger partial charge in [-0.3, -0.25) is 9.59 Å². The number of ether oxygens (including phenoxy) is 3. The van der Waals surface area contributed by atoms with Gasteiger partial charge in [-0.2, -0.15) is 0 Å². The van der Waals surface area contributed by atoms with Gasteiger partial charge in [0, 0.05) is 0 Å². The predicted octanol–water partition coefficient (Wildman–Crippen LogP) is 3.90. The average Bonchev–Trinajstić information content (AvgIpc) is 2.84. The summed E-state index contributed by atoms with van der Waals surface area (Å²) in [6, 6.07) is 15.8. The van der Waals surface area contributed by atoms with E-state index < -0.39 is 48.0 Å². The minimum atomic E-state index is -1.32. The van der Waals surface area contributed by atoms with Gasteiger partial charge in [-0.15, -0.1) is 0 Å². The maximum absolute atomic E-state index is 13.1. The molecular formula is C28H36N2O7. The van der Waals surface area contributed by atoms with Crippen LogP contribution in [0.15, 0.2) is 60.7 Å². The van der Waals surface area contributed by atoms with Gasteiger partial charge in [0.2, 0.25) is 5.91 Å². The van der Waals surface area contributed by atoms with E-state index in [1.54, 1.807) is 71.0 Å². The largest absolute Gasteiger partial charge is 0.461 e. The lowest BCUT2D eigenvalue weighted by Gasteiger charge is -2.26. The van der Waals surface area contributed by atoms with E-state index in [9.17, 15) is 19.2 Å². The molecule has 0 aliphatic heterocycles. The van der Waals surface area contributed by atoms with Crippen LogP contribution in [-0.2, 0) is 41.8 Å². The van der Waals surface area contributed by atoms with Crippen LogP contribution in [0.1, 0.15) is 52.2 Å². The molecule has 2 aromatic carbocycles. The molecule has 0 unspecified atom stereocenters. The monoisotopic (exact) mass is 512 g/mol. The summed E-state index contributed by atoms with van der Waals surface area (Å²) in [4.78, 5) is 50.8. The van der Waals surface area contributed by atoms with Crippen LogP contribution in [0.2, 0.25) is 0 Å². The third-order valence-electron chi connectivity index (χ3n) is 5.06. The van der Waals surface area contributed by atoms with E-state index in [2.05, 4.69) is 10.6 Å². The lowest BCUT2D eigenvalue weighted by Crippen LogP contribution is -2.55. The van der Waals surface area contributed by atoms with E-state index in [-0.39, 0.29) is 19.1 Å². The molecule has 2 atom stereocenters. The minimum absolute atomic E-state index is 0.0220. The van der Waals surface area contributed by atoms with Gasteiger partial charge in [-0.25, -0.2) is 9.59 Å². The molecule has 2 rings (SSSR count). The van der Waals surface area contributed by atoms with E-state index >= 15 is 0 Å². The Morgan fingerprint density at radius 1 is 0.784 bits per heavy atom. The highest BCUT2D eigenvalue weighted by Gasteiger charge is 2.32. The fourth-order valence-electron chi connectivity index (χ4n) is 3.22. The zero-order chi connectivity index (χ0) is 27.4. The van der Waals surface area contributed by atoms with Crippen LogP contribution in [-0.4, -0.2) is 41.6 Å². The number of nitrogens with one attached hydrogen (secondary N) is 2. The first-order valence-electron chi connectivity index (χ1n) is 12.1. The fraction of sp³-hybridized carbons (Fsp3) is 0.429. The van der Waals surface area contributed by atoms with Crippen LogP contribution in [0.25, 0.3) is 0 Å². The van der Waals surface area contributed by atoms with Gasteiger partial charge >= 0.3 is 18.0 Å². The molecule has 0 saturated heterocycles. The fourth-order valence-corrected chi connectivity index (χ4v) is 3.22. The van der Waals surface area contributed by atoms with Crippen LogP contribution in [0.4, 0.5) is 4.79 Å². The van der Waals surface area contributed by atoms with Gasteiger partial charge in [-0.05, 0) is 37.8 Å². The molecule has 0 aliphatic rings. The molecule has 9 nitrogen and oxygen atoms in total. The Hall–Kier alpha value is -3.88. The highest BCUT2D eigenvalue weighted by atomic mass is 16.6. The Labute approximate surface area is 217 Å². The third kappa shape index (κ3) is 11.2. The van der Waals surface area contributed by atoms with Crippen molar-refractivity contribution < 1.29 is 33.4 Å². The maximum atomic E-state index is 13.1. The summed E-state index contributed by atoms with van der Waals surface area (Å²) in [7, 11) is 0. The molecule has 0 bridgehead atoms. The van der Waals surface area contributed by atoms with Crippen LogP contribution >= 0.6 is 0 Å². The molecule has 37 heavy (non-hydrogen) atoms. The zero-order valence-electron chi connectivity index (χ0n) is 22.0. The van der Waals surface area contributed by atoms with Gasteiger partial charge in [0.1, 0.15) is 30.9 Å². The standard InChI is InChI=1S/C28H36N2O7/c1-19(2)24(30-27(34)37-28(3,4)5)25(32)29-22(26(33)36-18-21-14-10-7-11-15-21)16-23(31)35-17-20-12-8-6-9-13-20/h6-15,19,22,24H,16-18H2,1-5H3,(H,29,32)(H,30,34)/t22-,24+/m0/s1. The molecule has 2 aromatic rings. The molecule has 2 amide bonds. The first-order valence-corrected chi connectivity index (χ1v) is 12.1. The number of alkyl carbamates (subject to hydrolysis) is 1. The van der Waals surface area contributed by atoms with Crippen molar-refractivity contribution in [3.63, 3.8) is 0 Å². The third-order valence-corrected chi connectivity index (χ3v) is 5.06. The van der Waals surface area contributed by atoms with Crippen LogP contribution in [0.3, 0.4) is 0 Å². The van der Waals surface area contributed by atoms with E-state index in [1.807, 2.05) is 24.3 Å². The van der Waals surface area contributed by atoms with Crippen molar-refractivity contribution in [1.29, 1.82) is 0 Å². The van der Waals surface area contributed by atoms with Crippen molar-refractivity contribution in [2.45, 2.75) is 71.9 Å². The Kier molecular flexibility index (Phi) is 11.1. The number of benzene rings is 2. The van der Waals surface area contributed by atoms with Crippen molar-refractivity contribution in [2.24, 2.45) is 5.92 Å². The van der Waals surface area contributed by atoms with E-state index in [0.717, 1.165) is 11.1 Å².